The first kappa shape index (κ1) is 19.4. The lowest BCUT2D eigenvalue weighted by Gasteiger charge is -2.08. The van der Waals surface area contributed by atoms with Gasteiger partial charge in [0.2, 0.25) is 5.91 Å². The molecule has 144 valence electrons. The van der Waals surface area contributed by atoms with Gasteiger partial charge in [0.15, 0.2) is 0 Å². The fraction of sp³-hybridized carbons (Fsp3) is 0.217. The minimum absolute atomic E-state index is 0.183. The third kappa shape index (κ3) is 4.49. The van der Waals surface area contributed by atoms with Crippen LogP contribution < -0.4 is 10.1 Å². The number of nitrogens with zero attached hydrogens (tertiary/aromatic N) is 2. The van der Waals surface area contributed by atoms with Crippen molar-refractivity contribution < 1.29 is 9.53 Å². The number of anilines is 1. The first-order valence-corrected chi connectivity index (χ1v) is 9.19. The lowest BCUT2D eigenvalue weighted by atomic mass is 10.1. The summed E-state index contributed by atoms with van der Waals surface area (Å²) < 4.78 is 7.07. The molecule has 0 spiro atoms. The van der Waals surface area contributed by atoms with Crippen molar-refractivity contribution in [3.05, 3.63) is 82.7 Å². The Hall–Kier alpha value is -3.34. The topological polar surface area (TPSA) is 56.1 Å². The third-order valence-corrected chi connectivity index (χ3v) is 4.75. The Morgan fingerprint density at radius 1 is 1.11 bits per heavy atom. The normalized spacial score (nSPS) is 11.0. The van der Waals surface area contributed by atoms with Crippen molar-refractivity contribution in [1.82, 2.24) is 9.78 Å². The molecule has 2 aromatic carbocycles. The standard InChI is InChI=1S/C23H25N3O2/c1-16-7-5-6-8-20(16)15-26-18(3)23(17(2)25-26)24-22(27)14-11-19-9-12-21(28-4)13-10-19/h5-14H,15H2,1-4H3,(H,24,27)/b14-11-. The number of benzene rings is 2. The Morgan fingerprint density at radius 2 is 1.82 bits per heavy atom. The summed E-state index contributed by atoms with van der Waals surface area (Å²) in [5.74, 6) is 0.603. The lowest BCUT2D eigenvalue weighted by Crippen LogP contribution is -2.10. The van der Waals surface area contributed by atoms with Crippen LogP contribution in [0, 0.1) is 20.8 Å². The van der Waals surface area contributed by atoms with E-state index < -0.39 is 0 Å². The van der Waals surface area contributed by atoms with E-state index in [0.29, 0.717) is 6.54 Å². The first-order valence-electron chi connectivity index (χ1n) is 9.19. The van der Waals surface area contributed by atoms with E-state index in [9.17, 15) is 4.79 Å². The number of rotatable bonds is 6. The molecule has 0 aliphatic rings. The van der Waals surface area contributed by atoms with Crippen LogP contribution in [0.15, 0.2) is 54.6 Å². The molecule has 1 amide bonds. The zero-order chi connectivity index (χ0) is 20.1. The van der Waals surface area contributed by atoms with E-state index in [0.717, 1.165) is 28.4 Å². The molecule has 0 aliphatic carbocycles. The minimum atomic E-state index is -0.183. The molecule has 0 bridgehead atoms. The maximum absolute atomic E-state index is 12.4. The van der Waals surface area contributed by atoms with Gasteiger partial charge in [0.25, 0.3) is 0 Å². The molecule has 3 aromatic rings. The van der Waals surface area contributed by atoms with Crippen LogP contribution in [0.1, 0.15) is 28.1 Å². The molecular formula is C23H25N3O2. The summed E-state index contributed by atoms with van der Waals surface area (Å²) >= 11 is 0. The Balaban J connectivity index is 1.71. The second-order valence-electron chi connectivity index (χ2n) is 6.73. The molecule has 0 atom stereocenters. The van der Waals surface area contributed by atoms with Crippen LogP contribution in [0.4, 0.5) is 5.69 Å². The van der Waals surface area contributed by atoms with E-state index in [2.05, 4.69) is 29.5 Å². The molecule has 0 aliphatic heterocycles. The molecule has 1 N–H and O–H groups in total. The maximum atomic E-state index is 12.4. The van der Waals surface area contributed by atoms with Gasteiger partial charge in [-0.15, -0.1) is 0 Å². The number of aryl methyl sites for hydroxylation is 2. The van der Waals surface area contributed by atoms with E-state index in [1.54, 1.807) is 13.2 Å². The van der Waals surface area contributed by atoms with Crippen molar-refractivity contribution in [1.29, 1.82) is 0 Å². The molecule has 3 rings (SSSR count). The molecule has 0 fully saturated rings. The van der Waals surface area contributed by atoms with Crippen LogP contribution in [0.2, 0.25) is 0 Å². The lowest BCUT2D eigenvalue weighted by molar-refractivity contribution is -0.111. The van der Waals surface area contributed by atoms with Crippen LogP contribution in [0.3, 0.4) is 0 Å². The predicted octanol–water partition coefficient (Wildman–Crippen LogP) is 4.52. The Morgan fingerprint density at radius 3 is 2.50 bits per heavy atom. The van der Waals surface area contributed by atoms with Gasteiger partial charge in [0.1, 0.15) is 5.75 Å². The Bertz CT molecular complexity index is 1000. The monoisotopic (exact) mass is 375 g/mol. The van der Waals surface area contributed by atoms with Crippen LogP contribution in [0.25, 0.3) is 6.08 Å². The summed E-state index contributed by atoms with van der Waals surface area (Å²) in [4.78, 5) is 12.4. The smallest absolute Gasteiger partial charge is 0.248 e. The van der Waals surface area contributed by atoms with Gasteiger partial charge in [-0.2, -0.15) is 5.10 Å². The van der Waals surface area contributed by atoms with Crippen molar-refractivity contribution in [2.45, 2.75) is 27.3 Å². The fourth-order valence-corrected chi connectivity index (χ4v) is 3.03. The van der Waals surface area contributed by atoms with E-state index in [4.69, 9.17) is 4.74 Å². The third-order valence-electron chi connectivity index (χ3n) is 4.75. The van der Waals surface area contributed by atoms with E-state index in [1.807, 2.05) is 54.9 Å². The van der Waals surface area contributed by atoms with Gasteiger partial charge in [0, 0.05) is 6.08 Å². The quantitative estimate of drug-likeness (QED) is 0.645. The number of carbonyl (C=O) groups excluding carboxylic acids is 1. The van der Waals surface area contributed by atoms with Crippen LogP contribution >= 0.6 is 0 Å². The van der Waals surface area contributed by atoms with Gasteiger partial charge >= 0.3 is 0 Å². The van der Waals surface area contributed by atoms with Gasteiger partial charge in [-0.1, -0.05) is 36.4 Å². The van der Waals surface area contributed by atoms with Crippen molar-refractivity contribution >= 4 is 17.7 Å². The summed E-state index contributed by atoms with van der Waals surface area (Å²) in [6.45, 7) is 6.65. The molecule has 0 radical (unpaired) electrons. The summed E-state index contributed by atoms with van der Waals surface area (Å²) in [6.07, 6.45) is 3.30. The largest absolute Gasteiger partial charge is 0.497 e. The number of hydrogen-bond donors (Lipinski definition) is 1. The van der Waals surface area contributed by atoms with E-state index in [1.165, 1.54) is 17.2 Å². The molecule has 0 saturated carbocycles. The summed E-state index contributed by atoms with van der Waals surface area (Å²) in [5, 5.41) is 7.56. The highest BCUT2D eigenvalue weighted by Crippen LogP contribution is 2.21. The fourth-order valence-electron chi connectivity index (χ4n) is 3.03. The average Bonchev–Trinajstić information content (AvgIpc) is 2.96. The minimum Gasteiger partial charge on any atom is -0.497 e. The molecule has 5 heteroatoms. The molecular weight excluding hydrogens is 350 g/mol. The molecule has 1 heterocycles. The number of nitrogens with one attached hydrogen (secondary N) is 1. The van der Waals surface area contributed by atoms with Gasteiger partial charge in [0.05, 0.1) is 30.7 Å². The van der Waals surface area contributed by atoms with Gasteiger partial charge < -0.3 is 10.1 Å². The van der Waals surface area contributed by atoms with Gasteiger partial charge in [-0.05, 0) is 55.7 Å². The van der Waals surface area contributed by atoms with Crippen molar-refractivity contribution in [2.24, 2.45) is 0 Å². The van der Waals surface area contributed by atoms with E-state index >= 15 is 0 Å². The number of carbonyl (C=O) groups is 1. The summed E-state index contributed by atoms with van der Waals surface area (Å²) in [6, 6.07) is 15.8. The summed E-state index contributed by atoms with van der Waals surface area (Å²) in [7, 11) is 1.63. The second-order valence-corrected chi connectivity index (χ2v) is 6.73. The molecule has 0 unspecified atom stereocenters. The first-order chi connectivity index (χ1) is 13.5. The molecule has 28 heavy (non-hydrogen) atoms. The zero-order valence-corrected chi connectivity index (χ0v) is 16.7. The van der Waals surface area contributed by atoms with E-state index in [-0.39, 0.29) is 5.91 Å². The number of hydrogen-bond acceptors (Lipinski definition) is 3. The van der Waals surface area contributed by atoms with Crippen molar-refractivity contribution in [3.8, 4) is 5.75 Å². The maximum Gasteiger partial charge on any atom is 0.248 e. The van der Waals surface area contributed by atoms with Crippen LogP contribution in [0.5, 0.6) is 5.75 Å². The Labute approximate surface area is 165 Å². The highest BCUT2D eigenvalue weighted by molar-refractivity contribution is 6.02. The number of aromatic nitrogens is 2. The second kappa shape index (κ2) is 8.57. The van der Waals surface area contributed by atoms with Crippen molar-refractivity contribution in [2.75, 3.05) is 12.4 Å². The highest BCUT2D eigenvalue weighted by Gasteiger charge is 2.14. The van der Waals surface area contributed by atoms with Crippen molar-refractivity contribution in [3.63, 3.8) is 0 Å². The number of methoxy groups -OCH3 is 1. The molecule has 5 nitrogen and oxygen atoms in total. The molecule has 0 saturated heterocycles. The van der Waals surface area contributed by atoms with Gasteiger partial charge in [-0.25, -0.2) is 0 Å². The van der Waals surface area contributed by atoms with Gasteiger partial charge in [-0.3, -0.25) is 9.48 Å². The zero-order valence-electron chi connectivity index (χ0n) is 16.7. The summed E-state index contributed by atoms with van der Waals surface area (Å²) in [5.41, 5.74) is 5.87. The molecule has 1 aromatic heterocycles. The number of amides is 1. The predicted molar refractivity (Wildman–Crippen MR) is 113 cm³/mol. The SMILES string of the molecule is COc1ccc(/C=C\C(=O)Nc2c(C)nn(Cc3ccccc3C)c2C)cc1. The average molecular weight is 375 g/mol. The van der Waals surface area contributed by atoms with Crippen LogP contribution in [-0.4, -0.2) is 22.8 Å². The van der Waals surface area contributed by atoms with Crippen LogP contribution in [-0.2, 0) is 11.3 Å². The highest BCUT2D eigenvalue weighted by atomic mass is 16.5. The number of ether oxygens (including phenoxy) is 1. The Kier molecular flexibility index (Phi) is 5.94.